The molecule has 0 saturated carbocycles. The first-order chi connectivity index (χ1) is 6.74. The van der Waals surface area contributed by atoms with Gasteiger partial charge in [-0.2, -0.15) is 0 Å². The molecule has 0 radical (unpaired) electrons. The van der Waals surface area contributed by atoms with Crippen LogP contribution in [-0.2, 0) is 4.74 Å². The Morgan fingerprint density at radius 1 is 1.50 bits per heavy atom. The molecule has 0 aliphatic heterocycles. The molecule has 5 nitrogen and oxygen atoms in total. The average molecular weight is 191 g/mol. The van der Waals surface area contributed by atoms with Gasteiger partial charge in [0.25, 0.3) is 0 Å². The quantitative estimate of drug-likeness (QED) is 0.626. The second kappa shape index (κ2) is 3.10. The minimum atomic E-state index is -0.445. The van der Waals surface area contributed by atoms with Crippen molar-refractivity contribution in [1.82, 2.24) is 14.4 Å². The fourth-order valence-electron chi connectivity index (χ4n) is 1.35. The van der Waals surface area contributed by atoms with Gasteiger partial charge in [0, 0.05) is 12.4 Å². The third-order valence-corrected chi connectivity index (χ3v) is 2.01. The number of methoxy groups -OCH3 is 1. The van der Waals surface area contributed by atoms with E-state index in [0.29, 0.717) is 11.2 Å². The lowest BCUT2D eigenvalue weighted by Gasteiger charge is -2.01. The number of carbonyl (C=O) groups is 1. The number of nitrogens with zero attached hydrogens (tertiary/aromatic N) is 3. The first kappa shape index (κ1) is 8.68. The molecular weight excluding hydrogens is 182 g/mol. The number of esters is 1. The molecule has 2 aromatic rings. The normalized spacial score (nSPS) is 10.4. The van der Waals surface area contributed by atoms with Crippen molar-refractivity contribution in [3.63, 3.8) is 0 Å². The third kappa shape index (κ3) is 1.14. The molecule has 0 N–H and O–H groups in total. The van der Waals surface area contributed by atoms with Gasteiger partial charge in [-0.25, -0.2) is 14.8 Å². The summed E-state index contributed by atoms with van der Waals surface area (Å²) in [6.07, 6.45) is 4.92. The zero-order valence-corrected chi connectivity index (χ0v) is 7.89. The molecule has 0 spiro atoms. The summed E-state index contributed by atoms with van der Waals surface area (Å²) in [6.45, 7) is 1.82. The van der Waals surface area contributed by atoms with E-state index in [2.05, 4.69) is 14.7 Å². The zero-order valence-electron chi connectivity index (χ0n) is 7.89. The van der Waals surface area contributed by atoms with E-state index in [-0.39, 0.29) is 0 Å². The summed E-state index contributed by atoms with van der Waals surface area (Å²) in [4.78, 5) is 19.4. The van der Waals surface area contributed by atoms with Crippen LogP contribution in [0.2, 0.25) is 0 Å². The molecular formula is C9H9N3O2. The van der Waals surface area contributed by atoms with E-state index in [1.54, 1.807) is 23.1 Å². The van der Waals surface area contributed by atoms with Crippen molar-refractivity contribution in [3.8, 4) is 0 Å². The van der Waals surface area contributed by atoms with Gasteiger partial charge in [0.05, 0.1) is 19.1 Å². The molecule has 72 valence electrons. The molecule has 0 atom stereocenters. The lowest BCUT2D eigenvalue weighted by molar-refractivity contribution is 0.0596. The van der Waals surface area contributed by atoms with Crippen LogP contribution in [0.4, 0.5) is 0 Å². The first-order valence-corrected chi connectivity index (χ1v) is 4.10. The van der Waals surface area contributed by atoms with Gasteiger partial charge in [-0.05, 0) is 6.92 Å². The van der Waals surface area contributed by atoms with E-state index in [1.807, 2.05) is 6.92 Å². The van der Waals surface area contributed by atoms with Gasteiger partial charge >= 0.3 is 5.97 Å². The van der Waals surface area contributed by atoms with Crippen molar-refractivity contribution in [2.45, 2.75) is 6.92 Å². The Balaban J connectivity index is 2.75. The van der Waals surface area contributed by atoms with Crippen LogP contribution in [0.15, 0.2) is 18.7 Å². The summed E-state index contributed by atoms with van der Waals surface area (Å²) in [5.41, 5.74) is 1.75. The molecule has 5 heteroatoms. The summed E-state index contributed by atoms with van der Waals surface area (Å²) in [5, 5.41) is 0. The van der Waals surface area contributed by atoms with Crippen molar-refractivity contribution in [1.29, 1.82) is 0 Å². The maximum atomic E-state index is 11.4. The van der Waals surface area contributed by atoms with Gasteiger partial charge < -0.3 is 9.14 Å². The summed E-state index contributed by atoms with van der Waals surface area (Å²) < 4.78 is 6.37. The standard InChI is InChI=1S/C9H9N3O2/c1-6-8-7(9(13)14-2)10-3-4-12(8)5-11-6/h3-5H,1-2H3. The number of aromatic nitrogens is 3. The lowest BCUT2D eigenvalue weighted by Crippen LogP contribution is -2.06. The first-order valence-electron chi connectivity index (χ1n) is 4.10. The number of ether oxygens (including phenoxy) is 1. The molecule has 0 saturated heterocycles. The SMILES string of the molecule is COC(=O)c1nccn2cnc(C)c12. The Bertz CT molecular complexity index is 490. The maximum absolute atomic E-state index is 11.4. The van der Waals surface area contributed by atoms with E-state index in [4.69, 9.17) is 0 Å². The lowest BCUT2D eigenvalue weighted by atomic mass is 10.3. The largest absolute Gasteiger partial charge is 0.464 e. The van der Waals surface area contributed by atoms with E-state index in [9.17, 15) is 4.79 Å². The maximum Gasteiger partial charge on any atom is 0.358 e. The number of hydrogen-bond donors (Lipinski definition) is 0. The molecule has 14 heavy (non-hydrogen) atoms. The molecule has 0 aliphatic carbocycles. The van der Waals surface area contributed by atoms with Crippen LogP contribution in [0.25, 0.3) is 5.52 Å². The summed E-state index contributed by atoms with van der Waals surface area (Å²) >= 11 is 0. The van der Waals surface area contributed by atoms with Crippen LogP contribution in [-0.4, -0.2) is 27.4 Å². The van der Waals surface area contributed by atoms with Crippen molar-refractivity contribution < 1.29 is 9.53 Å². The molecule has 0 fully saturated rings. The summed E-state index contributed by atoms with van der Waals surface area (Å²) in [5.74, 6) is -0.445. The number of imidazole rings is 1. The Labute approximate surface area is 80.4 Å². The van der Waals surface area contributed by atoms with Crippen molar-refractivity contribution in [2.75, 3.05) is 7.11 Å². The zero-order chi connectivity index (χ0) is 10.1. The number of carbonyl (C=O) groups excluding carboxylic acids is 1. The number of aryl methyl sites for hydroxylation is 1. The molecule has 2 heterocycles. The van der Waals surface area contributed by atoms with Gasteiger partial charge in [0.1, 0.15) is 5.52 Å². The van der Waals surface area contributed by atoms with Crippen molar-refractivity contribution >= 4 is 11.5 Å². The second-order valence-corrected chi connectivity index (χ2v) is 2.85. The van der Waals surface area contributed by atoms with Gasteiger partial charge in [-0.3, -0.25) is 0 Å². The highest BCUT2D eigenvalue weighted by atomic mass is 16.5. The van der Waals surface area contributed by atoms with Crippen molar-refractivity contribution in [3.05, 3.63) is 30.1 Å². The predicted molar refractivity (Wildman–Crippen MR) is 49.1 cm³/mol. The Morgan fingerprint density at radius 3 is 3.00 bits per heavy atom. The van der Waals surface area contributed by atoms with Crippen LogP contribution in [0.1, 0.15) is 16.2 Å². The highest BCUT2D eigenvalue weighted by Gasteiger charge is 2.14. The fraction of sp³-hybridized carbons (Fsp3) is 0.222. The van der Waals surface area contributed by atoms with Crippen LogP contribution in [0.3, 0.4) is 0 Å². The van der Waals surface area contributed by atoms with E-state index in [1.165, 1.54) is 7.11 Å². The summed E-state index contributed by atoms with van der Waals surface area (Å²) in [6, 6.07) is 0. The van der Waals surface area contributed by atoms with E-state index < -0.39 is 5.97 Å². The van der Waals surface area contributed by atoms with E-state index in [0.717, 1.165) is 5.69 Å². The highest BCUT2D eigenvalue weighted by Crippen LogP contribution is 2.12. The summed E-state index contributed by atoms with van der Waals surface area (Å²) in [7, 11) is 1.33. The molecule has 0 bridgehead atoms. The highest BCUT2D eigenvalue weighted by molar-refractivity contribution is 5.95. The van der Waals surface area contributed by atoms with Crippen LogP contribution >= 0.6 is 0 Å². The molecule has 0 aliphatic rings. The van der Waals surface area contributed by atoms with Gasteiger partial charge in [-0.1, -0.05) is 0 Å². The predicted octanol–water partition coefficient (Wildman–Crippen LogP) is 0.824. The Kier molecular flexibility index (Phi) is 1.92. The topological polar surface area (TPSA) is 56.5 Å². The molecule has 0 aromatic carbocycles. The third-order valence-electron chi connectivity index (χ3n) is 2.01. The second-order valence-electron chi connectivity index (χ2n) is 2.85. The van der Waals surface area contributed by atoms with Crippen molar-refractivity contribution in [2.24, 2.45) is 0 Å². The van der Waals surface area contributed by atoms with Crippen LogP contribution < -0.4 is 0 Å². The monoisotopic (exact) mass is 191 g/mol. The van der Waals surface area contributed by atoms with Crippen LogP contribution in [0.5, 0.6) is 0 Å². The molecule has 0 amide bonds. The van der Waals surface area contributed by atoms with Gasteiger partial charge in [-0.15, -0.1) is 0 Å². The Morgan fingerprint density at radius 2 is 2.29 bits per heavy atom. The molecule has 0 unspecified atom stereocenters. The molecule has 2 aromatic heterocycles. The Hall–Kier alpha value is -1.91. The number of fused-ring (bicyclic) bond motifs is 1. The molecule has 2 rings (SSSR count). The minimum absolute atomic E-state index is 0.296. The number of rotatable bonds is 1. The number of hydrogen-bond acceptors (Lipinski definition) is 4. The minimum Gasteiger partial charge on any atom is -0.464 e. The smallest absolute Gasteiger partial charge is 0.358 e. The van der Waals surface area contributed by atoms with Gasteiger partial charge in [0.2, 0.25) is 0 Å². The average Bonchev–Trinajstić information content (AvgIpc) is 2.59. The van der Waals surface area contributed by atoms with E-state index >= 15 is 0 Å². The van der Waals surface area contributed by atoms with Gasteiger partial charge in [0.15, 0.2) is 5.69 Å². The van der Waals surface area contributed by atoms with Crippen LogP contribution in [0, 0.1) is 6.92 Å². The fourth-order valence-corrected chi connectivity index (χ4v) is 1.35.